The SMILES string of the molecule is O[P+](O)(O)c1cccc2ccccc12. The first-order valence-electron chi connectivity index (χ1n) is 4.14. The van der Waals surface area contributed by atoms with Crippen molar-refractivity contribution >= 4 is 24.0 Å². The van der Waals surface area contributed by atoms with Gasteiger partial charge in [0.05, 0.1) is 0 Å². The van der Waals surface area contributed by atoms with Crippen molar-refractivity contribution in [2.75, 3.05) is 0 Å². The zero-order chi connectivity index (χ0) is 10.2. The summed E-state index contributed by atoms with van der Waals surface area (Å²) < 4.78 is 0. The van der Waals surface area contributed by atoms with E-state index in [0.717, 1.165) is 5.39 Å². The molecular weight excluding hydrogens is 199 g/mol. The number of benzene rings is 2. The molecule has 0 aliphatic heterocycles. The maximum absolute atomic E-state index is 9.21. The molecule has 0 saturated heterocycles. The van der Waals surface area contributed by atoms with Crippen LogP contribution in [0.25, 0.3) is 10.8 Å². The van der Waals surface area contributed by atoms with Crippen molar-refractivity contribution in [2.24, 2.45) is 0 Å². The van der Waals surface area contributed by atoms with Crippen molar-refractivity contribution in [3.8, 4) is 0 Å². The molecule has 0 radical (unpaired) electrons. The van der Waals surface area contributed by atoms with Crippen LogP contribution in [-0.4, -0.2) is 14.7 Å². The van der Waals surface area contributed by atoms with Gasteiger partial charge in [-0.25, -0.2) is 0 Å². The third-order valence-corrected chi connectivity index (χ3v) is 3.13. The first-order chi connectivity index (χ1) is 6.59. The third-order valence-electron chi connectivity index (χ3n) is 2.09. The van der Waals surface area contributed by atoms with Crippen molar-refractivity contribution in [1.82, 2.24) is 0 Å². The van der Waals surface area contributed by atoms with Gasteiger partial charge in [0.2, 0.25) is 0 Å². The molecular formula is C10H10O3P+. The molecule has 0 aliphatic rings. The van der Waals surface area contributed by atoms with Crippen LogP contribution in [0.4, 0.5) is 0 Å². The topological polar surface area (TPSA) is 60.7 Å². The Morgan fingerprint density at radius 2 is 1.43 bits per heavy atom. The van der Waals surface area contributed by atoms with Gasteiger partial charge in [-0.15, -0.1) is 0 Å². The van der Waals surface area contributed by atoms with Crippen LogP contribution in [0.2, 0.25) is 0 Å². The highest BCUT2D eigenvalue weighted by atomic mass is 31.2. The zero-order valence-electron chi connectivity index (χ0n) is 7.33. The van der Waals surface area contributed by atoms with Crippen LogP contribution in [-0.2, 0) is 0 Å². The van der Waals surface area contributed by atoms with E-state index in [4.69, 9.17) is 0 Å². The van der Waals surface area contributed by atoms with Crippen molar-refractivity contribution in [1.29, 1.82) is 0 Å². The molecule has 2 rings (SSSR count). The highest BCUT2D eigenvalue weighted by Crippen LogP contribution is 2.44. The van der Waals surface area contributed by atoms with Crippen LogP contribution in [0.15, 0.2) is 42.5 Å². The fraction of sp³-hybridized carbons (Fsp3) is 0. The Balaban J connectivity index is 2.78. The molecule has 14 heavy (non-hydrogen) atoms. The van der Waals surface area contributed by atoms with Crippen LogP contribution in [0.5, 0.6) is 0 Å². The van der Waals surface area contributed by atoms with E-state index in [0.29, 0.717) is 5.39 Å². The summed E-state index contributed by atoms with van der Waals surface area (Å²) >= 11 is 0. The predicted octanol–water partition coefficient (Wildman–Crippen LogP) is 1.20. The summed E-state index contributed by atoms with van der Waals surface area (Å²) in [7, 11) is -3.91. The van der Waals surface area contributed by atoms with Gasteiger partial charge in [0, 0.05) is 5.39 Å². The van der Waals surface area contributed by atoms with Crippen molar-refractivity contribution in [3.05, 3.63) is 42.5 Å². The predicted molar refractivity (Wildman–Crippen MR) is 57.2 cm³/mol. The maximum atomic E-state index is 9.21. The molecule has 0 spiro atoms. The van der Waals surface area contributed by atoms with Gasteiger partial charge < -0.3 is 0 Å². The lowest BCUT2D eigenvalue weighted by Gasteiger charge is -2.06. The Labute approximate surface area is 81.8 Å². The molecule has 0 aromatic heterocycles. The maximum Gasteiger partial charge on any atom is 0.441 e. The van der Waals surface area contributed by atoms with Crippen LogP contribution in [0.3, 0.4) is 0 Å². The molecule has 2 aromatic rings. The number of hydrogen-bond acceptors (Lipinski definition) is 3. The molecule has 0 fully saturated rings. The highest BCUT2D eigenvalue weighted by molar-refractivity contribution is 7.67. The van der Waals surface area contributed by atoms with Gasteiger partial charge in [0.15, 0.2) is 5.30 Å². The van der Waals surface area contributed by atoms with Gasteiger partial charge in [-0.05, 0) is 11.5 Å². The third kappa shape index (κ3) is 1.63. The molecule has 3 N–H and O–H groups in total. The number of fused-ring (bicyclic) bond motifs is 1. The van der Waals surface area contributed by atoms with E-state index >= 15 is 0 Å². The molecule has 0 heterocycles. The standard InChI is InChI=1S/C10H10O3P/c11-14(12,13)10-7-3-5-8-4-1-2-6-9(8)10/h1-7,11-13H/q+1. The second kappa shape index (κ2) is 3.30. The molecule has 0 saturated carbocycles. The number of hydrogen-bond donors (Lipinski definition) is 3. The second-order valence-electron chi connectivity index (χ2n) is 3.07. The molecule has 0 bridgehead atoms. The molecule has 0 aliphatic carbocycles. The summed E-state index contributed by atoms with van der Waals surface area (Å²) in [6.45, 7) is 0. The minimum Gasteiger partial charge on any atom is -0.189 e. The Morgan fingerprint density at radius 1 is 0.786 bits per heavy atom. The van der Waals surface area contributed by atoms with Crippen molar-refractivity contribution < 1.29 is 14.7 Å². The van der Waals surface area contributed by atoms with E-state index in [2.05, 4.69) is 0 Å². The Morgan fingerprint density at radius 3 is 2.14 bits per heavy atom. The van der Waals surface area contributed by atoms with Gasteiger partial charge in [-0.1, -0.05) is 36.4 Å². The van der Waals surface area contributed by atoms with Crippen LogP contribution < -0.4 is 5.30 Å². The van der Waals surface area contributed by atoms with E-state index in [-0.39, 0.29) is 5.30 Å². The lowest BCUT2D eigenvalue weighted by Crippen LogP contribution is -2.10. The summed E-state index contributed by atoms with van der Waals surface area (Å²) in [5.41, 5.74) is 0. The van der Waals surface area contributed by atoms with Gasteiger partial charge in [0.1, 0.15) is 0 Å². The van der Waals surface area contributed by atoms with Crippen molar-refractivity contribution in [2.45, 2.75) is 0 Å². The van der Waals surface area contributed by atoms with Gasteiger partial charge in [-0.3, -0.25) is 0 Å². The monoisotopic (exact) mass is 209 g/mol. The van der Waals surface area contributed by atoms with E-state index in [1.165, 1.54) is 6.07 Å². The molecule has 0 amide bonds. The molecule has 0 unspecified atom stereocenters. The molecule has 72 valence electrons. The Bertz CT molecular complexity index is 457. The largest absolute Gasteiger partial charge is 0.441 e. The first kappa shape index (κ1) is 9.56. The fourth-order valence-corrected chi connectivity index (χ4v) is 2.28. The van der Waals surface area contributed by atoms with Crippen LogP contribution >= 0.6 is 7.94 Å². The van der Waals surface area contributed by atoms with Gasteiger partial charge in [-0.2, -0.15) is 14.7 Å². The van der Waals surface area contributed by atoms with Crippen molar-refractivity contribution in [3.63, 3.8) is 0 Å². The van der Waals surface area contributed by atoms with E-state index < -0.39 is 7.94 Å². The molecule has 4 heteroatoms. The minimum atomic E-state index is -3.91. The molecule has 2 aromatic carbocycles. The average molecular weight is 209 g/mol. The normalized spacial score (nSPS) is 11.9. The van der Waals surface area contributed by atoms with E-state index in [1.54, 1.807) is 18.2 Å². The Kier molecular flexibility index (Phi) is 2.25. The highest BCUT2D eigenvalue weighted by Gasteiger charge is 2.35. The summed E-state index contributed by atoms with van der Waals surface area (Å²) in [4.78, 5) is 27.6. The van der Waals surface area contributed by atoms with Gasteiger partial charge >= 0.3 is 7.94 Å². The molecule has 0 atom stereocenters. The summed E-state index contributed by atoms with van der Waals surface area (Å²) in [5, 5.41) is 1.76. The second-order valence-corrected chi connectivity index (χ2v) is 4.69. The first-order valence-corrected chi connectivity index (χ1v) is 5.79. The van der Waals surface area contributed by atoms with E-state index in [1.807, 2.05) is 18.2 Å². The quantitative estimate of drug-likeness (QED) is 0.618. The fourth-order valence-electron chi connectivity index (χ4n) is 1.47. The summed E-state index contributed by atoms with van der Waals surface area (Å²) in [6.07, 6.45) is 0. The van der Waals surface area contributed by atoms with Crippen LogP contribution in [0, 0.1) is 0 Å². The lowest BCUT2D eigenvalue weighted by atomic mass is 10.1. The lowest BCUT2D eigenvalue weighted by molar-refractivity contribution is 0.347. The minimum absolute atomic E-state index is 0.204. The average Bonchev–Trinajstić information content (AvgIpc) is 2.15. The summed E-state index contributed by atoms with van der Waals surface area (Å²) in [6, 6.07) is 12.3. The van der Waals surface area contributed by atoms with Crippen LogP contribution in [0.1, 0.15) is 0 Å². The summed E-state index contributed by atoms with van der Waals surface area (Å²) in [5.74, 6) is 0. The smallest absolute Gasteiger partial charge is 0.189 e. The van der Waals surface area contributed by atoms with E-state index in [9.17, 15) is 14.7 Å². The zero-order valence-corrected chi connectivity index (χ0v) is 8.22. The number of rotatable bonds is 1. The van der Waals surface area contributed by atoms with Gasteiger partial charge in [0.25, 0.3) is 0 Å². The Hall–Kier alpha value is -0.990. The molecule has 3 nitrogen and oxygen atoms in total.